The standard InChI is InChI=1S/C19H20Cl2N2O4S/c1-12-5-7-14(27-2)11-18(12)28(25,26)23-9-3-4-17(23)19(24)22-16-8-6-13(20)10-15(16)21/h5-8,10-11,17H,3-4,9H2,1-2H3,(H,22,24)/t17-/m0/s1. The minimum absolute atomic E-state index is 0.135. The minimum Gasteiger partial charge on any atom is -0.497 e. The van der Waals surface area contributed by atoms with Gasteiger partial charge in [-0.25, -0.2) is 8.42 Å². The van der Waals surface area contributed by atoms with Gasteiger partial charge >= 0.3 is 0 Å². The summed E-state index contributed by atoms with van der Waals surface area (Å²) < 4.78 is 32.9. The van der Waals surface area contributed by atoms with Crippen molar-refractivity contribution >= 4 is 44.8 Å². The molecule has 1 atom stereocenters. The lowest BCUT2D eigenvalue weighted by molar-refractivity contribution is -0.119. The zero-order valence-electron chi connectivity index (χ0n) is 15.4. The molecule has 9 heteroatoms. The highest BCUT2D eigenvalue weighted by atomic mass is 35.5. The molecule has 1 saturated heterocycles. The van der Waals surface area contributed by atoms with E-state index in [9.17, 15) is 13.2 Å². The van der Waals surface area contributed by atoms with Crippen LogP contribution in [0.25, 0.3) is 0 Å². The smallest absolute Gasteiger partial charge is 0.244 e. The molecule has 0 aliphatic carbocycles. The molecule has 1 fully saturated rings. The fourth-order valence-electron chi connectivity index (χ4n) is 3.21. The van der Waals surface area contributed by atoms with E-state index in [1.165, 1.54) is 23.5 Å². The summed E-state index contributed by atoms with van der Waals surface area (Å²) in [6.07, 6.45) is 1.02. The number of halogens is 2. The number of rotatable bonds is 5. The highest BCUT2D eigenvalue weighted by Gasteiger charge is 2.40. The third kappa shape index (κ3) is 4.12. The average molecular weight is 443 g/mol. The first-order valence-electron chi connectivity index (χ1n) is 8.66. The zero-order chi connectivity index (χ0) is 20.5. The van der Waals surface area contributed by atoms with Crippen LogP contribution in [0.3, 0.4) is 0 Å². The Hall–Kier alpha value is -1.80. The lowest BCUT2D eigenvalue weighted by Gasteiger charge is -2.24. The van der Waals surface area contributed by atoms with Gasteiger partial charge in [0.15, 0.2) is 0 Å². The predicted molar refractivity (Wildman–Crippen MR) is 110 cm³/mol. The maximum absolute atomic E-state index is 13.2. The molecule has 1 amide bonds. The van der Waals surface area contributed by atoms with Crippen LogP contribution in [-0.2, 0) is 14.8 Å². The van der Waals surface area contributed by atoms with E-state index in [0.717, 1.165) is 0 Å². The maximum atomic E-state index is 13.2. The van der Waals surface area contributed by atoms with Crippen molar-refractivity contribution in [2.24, 2.45) is 0 Å². The molecule has 0 radical (unpaired) electrons. The topological polar surface area (TPSA) is 75.7 Å². The first-order chi connectivity index (χ1) is 13.2. The van der Waals surface area contributed by atoms with Crippen molar-refractivity contribution in [3.8, 4) is 5.75 Å². The molecular weight excluding hydrogens is 423 g/mol. The molecule has 0 unspecified atom stereocenters. The number of amides is 1. The number of nitrogens with zero attached hydrogens (tertiary/aromatic N) is 1. The van der Waals surface area contributed by atoms with Crippen molar-refractivity contribution in [1.29, 1.82) is 0 Å². The summed E-state index contributed by atoms with van der Waals surface area (Å²) >= 11 is 12.0. The van der Waals surface area contributed by atoms with Gasteiger partial charge in [-0.2, -0.15) is 4.31 Å². The van der Waals surface area contributed by atoms with Crippen LogP contribution in [0.1, 0.15) is 18.4 Å². The fraction of sp³-hybridized carbons (Fsp3) is 0.316. The number of carbonyl (C=O) groups excluding carboxylic acids is 1. The summed E-state index contributed by atoms with van der Waals surface area (Å²) in [6.45, 7) is 1.98. The molecule has 3 rings (SSSR count). The number of nitrogens with one attached hydrogen (secondary N) is 1. The lowest BCUT2D eigenvalue weighted by atomic mass is 10.2. The number of benzene rings is 2. The molecule has 28 heavy (non-hydrogen) atoms. The Bertz CT molecular complexity index is 1010. The highest BCUT2D eigenvalue weighted by molar-refractivity contribution is 7.89. The molecule has 1 heterocycles. The van der Waals surface area contributed by atoms with E-state index in [0.29, 0.717) is 34.9 Å². The monoisotopic (exact) mass is 442 g/mol. The quantitative estimate of drug-likeness (QED) is 0.755. The number of aryl methyl sites for hydroxylation is 1. The normalized spacial score (nSPS) is 17.5. The third-order valence-electron chi connectivity index (χ3n) is 4.68. The highest BCUT2D eigenvalue weighted by Crippen LogP contribution is 2.31. The van der Waals surface area contributed by atoms with Crippen molar-refractivity contribution < 1.29 is 17.9 Å². The molecule has 0 aromatic heterocycles. The summed E-state index contributed by atoms with van der Waals surface area (Å²) in [5, 5.41) is 3.44. The molecule has 6 nitrogen and oxygen atoms in total. The SMILES string of the molecule is COc1ccc(C)c(S(=O)(=O)N2CCC[C@H]2C(=O)Nc2ccc(Cl)cc2Cl)c1. The molecular formula is C19H20Cl2N2O4S. The van der Waals surface area contributed by atoms with Crippen LogP contribution in [-0.4, -0.2) is 38.3 Å². The van der Waals surface area contributed by atoms with E-state index in [4.69, 9.17) is 27.9 Å². The van der Waals surface area contributed by atoms with Crippen molar-refractivity contribution in [3.05, 3.63) is 52.0 Å². The second kappa shape index (κ2) is 8.29. The molecule has 0 bridgehead atoms. The average Bonchev–Trinajstić information content (AvgIpc) is 3.15. The molecule has 150 valence electrons. The first-order valence-corrected chi connectivity index (χ1v) is 10.9. The Morgan fingerprint density at radius 3 is 2.64 bits per heavy atom. The number of sulfonamides is 1. The Morgan fingerprint density at radius 1 is 1.21 bits per heavy atom. The van der Waals surface area contributed by atoms with Crippen LogP contribution in [0.4, 0.5) is 5.69 Å². The van der Waals surface area contributed by atoms with Crippen molar-refractivity contribution in [3.63, 3.8) is 0 Å². The van der Waals surface area contributed by atoms with Crippen LogP contribution >= 0.6 is 23.2 Å². The number of hydrogen-bond donors (Lipinski definition) is 1. The molecule has 0 saturated carbocycles. The van der Waals surface area contributed by atoms with Crippen molar-refractivity contribution in [2.75, 3.05) is 19.0 Å². The van der Waals surface area contributed by atoms with Crippen LogP contribution in [0, 0.1) is 6.92 Å². The van der Waals surface area contributed by atoms with E-state index in [-0.39, 0.29) is 16.5 Å². The summed E-state index contributed by atoms with van der Waals surface area (Å²) in [5.41, 5.74) is 0.977. The van der Waals surface area contributed by atoms with E-state index in [1.54, 1.807) is 31.2 Å². The van der Waals surface area contributed by atoms with E-state index >= 15 is 0 Å². The minimum atomic E-state index is -3.87. The molecule has 2 aromatic carbocycles. The lowest BCUT2D eigenvalue weighted by Crippen LogP contribution is -2.43. The molecule has 1 N–H and O–H groups in total. The summed E-state index contributed by atoms with van der Waals surface area (Å²) in [4.78, 5) is 13.0. The van der Waals surface area contributed by atoms with Gasteiger partial charge in [-0.15, -0.1) is 0 Å². The Labute approximate surface area is 174 Å². The number of carbonyl (C=O) groups is 1. The number of ether oxygens (including phenoxy) is 1. The van der Waals surface area contributed by atoms with Gasteiger partial charge in [0.05, 0.1) is 22.7 Å². The van der Waals surface area contributed by atoms with Crippen LogP contribution in [0.5, 0.6) is 5.75 Å². The van der Waals surface area contributed by atoms with Crippen LogP contribution < -0.4 is 10.1 Å². The molecule has 2 aromatic rings. The number of anilines is 1. The maximum Gasteiger partial charge on any atom is 0.244 e. The first kappa shape index (κ1) is 20.9. The van der Waals surface area contributed by atoms with Gasteiger partial charge in [0, 0.05) is 17.6 Å². The van der Waals surface area contributed by atoms with E-state index in [2.05, 4.69) is 5.32 Å². The van der Waals surface area contributed by atoms with Gasteiger partial charge in [0.1, 0.15) is 11.8 Å². The number of methoxy groups -OCH3 is 1. The van der Waals surface area contributed by atoms with Gasteiger partial charge in [0.2, 0.25) is 15.9 Å². The van der Waals surface area contributed by atoms with E-state index < -0.39 is 22.0 Å². The Balaban J connectivity index is 1.88. The predicted octanol–water partition coefficient (Wildman–Crippen LogP) is 4.10. The van der Waals surface area contributed by atoms with Gasteiger partial charge in [-0.1, -0.05) is 29.3 Å². The molecule has 1 aliphatic heterocycles. The van der Waals surface area contributed by atoms with Gasteiger partial charge in [0.25, 0.3) is 0 Å². The zero-order valence-corrected chi connectivity index (χ0v) is 17.7. The second-order valence-corrected chi connectivity index (χ2v) is 9.22. The Morgan fingerprint density at radius 2 is 1.96 bits per heavy atom. The summed E-state index contributed by atoms with van der Waals surface area (Å²) in [5.74, 6) is 0.0168. The van der Waals surface area contributed by atoms with Gasteiger partial charge < -0.3 is 10.1 Å². The van der Waals surface area contributed by atoms with Crippen LogP contribution in [0.2, 0.25) is 10.0 Å². The van der Waals surface area contributed by atoms with Crippen molar-refractivity contribution in [1.82, 2.24) is 4.31 Å². The number of hydrogen-bond acceptors (Lipinski definition) is 4. The van der Waals surface area contributed by atoms with Gasteiger partial charge in [-0.3, -0.25) is 4.79 Å². The fourth-order valence-corrected chi connectivity index (χ4v) is 5.56. The van der Waals surface area contributed by atoms with Crippen molar-refractivity contribution in [2.45, 2.75) is 30.7 Å². The van der Waals surface area contributed by atoms with E-state index in [1.807, 2.05) is 0 Å². The van der Waals surface area contributed by atoms with Crippen LogP contribution in [0.15, 0.2) is 41.3 Å². The molecule has 1 aliphatic rings. The summed E-state index contributed by atoms with van der Waals surface area (Å²) in [7, 11) is -2.39. The largest absolute Gasteiger partial charge is 0.497 e. The second-order valence-electron chi connectivity index (χ2n) is 6.52. The third-order valence-corrected chi connectivity index (χ3v) is 7.28. The summed E-state index contributed by atoms with van der Waals surface area (Å²) in [6, 6.07) is 8.75. The Kier molecular flexibility index (Phi) is 6.19. The molecule has 0 spiro atoms. The van der Waals surface area contributed by atoms with Gasteiger partial charge in [-0.05, 0) is 49.6 Å².